The van der Waals surface area contributed by atoms with E-state index >= 15 is 0 Å². The molecule has 0 fully saturated rings. The Morgan fingerprint density at radius 3 is 2.19 bits per heavy atom. The molecule has 190 valence electrons. The number of benzene rings is 2. The van der Waals surface area contributed by atoms with Crippen LogP contribution in [0.15, 0.2) is 30.5 Å². The predicted octanol–water partition coefficient (Wildman–Crippen LogP) is 1.49. The third-order valence-corrected chi connectivity index (χ3v) is 5.06. The van der Waals surface area contributed by atoms with Crippen LogP contribution in [0.1, 0.15) is 12.0 Å². The van der Waals surface area contributed by atoms with Crippen molar-refractivity contribution in [2.75, 3.05) is 0 Å². The fourth-order valence-electron chi connectivity index (χ4n) is 3.34. The normalized spacial score (nSPS) is 12.6. The third-order valence-electron chi connectivity index (χ3n) is 5.06. The summed E-state index contributed by atoms with van der Waals surface area (Å²) in [6, 6.07) is 3.71. The first kappa shape index (κ1) is 26.1. The third kappa shape index (κ3) is 5.42. The summed E-state index contributed by atoms with van der Waals surface area (Å²) in [4.78, 5) is 50.7. The second-order valence-corrected chi connectivity index (χ2v) is 7.45. The molecule has 0 saturated heterocycles. The maximum Gasteiger partial charge on any atom is 0.334 e. The topological polar surface area (TPSA) is 143 Å². The monoisotopic (exact) mass is 512 g/mol. The van der Waals surface area contributed by atoms with Gasteiger partial charge in [0, 0.05) is 23.5 Å². The molecular formula is C22H17F5N4O5. The lowest BCUT2D eigenvalue weighted by Crippen LogP contribution is -2.52. The first-order valence-corrected chi connectivity index (χ1v) is 10.1. The van der Waals surface area contributed by atoms with E-state index in [-0.39, 0.29) is 12.8 Å². The molecule has 2 aromatic carbocycles. The highest BCUT2D eigenvalue weighted by atomic mass is 19.2. The number of halogens is 5. The number of carbonyl (C=O) groups is 4. The van der Waals surface area contributed by atoms with Gasteiger partial charge in [-0.3, -0.25) is 14.4 Å². The summed E-state index contributed by atoms with van der Waals surface area (Å²) >= 11 is 0. The van der Waals surface area contributed by atoms with Crippen molar-refractivity contribution in [2.45, 2.75) is 24.9 Å². The van der Waals surface area contributed by atoms with Gasteiger partial charge in [-0.05, 0) is 11.6 Å². The first-order chi connectivity index (χ1) is 17.0. The summed E-state index contributed by atoms with van der Waals surface area (Å²) in [7, 11) is 0. The molecule has 0 aliphatic heterocycles. The van der Waals surface area contributed by atoms with Crippen molar-refractivity contribution < 1.29 is 45.9 Å². The van der Waals surface area contributed by atoms with Gasteiger partial charge >= 0.3 is 5.97 Å². The molecule has 1 heterocycles. The standard InChI is InChI=1S/C22H17F5N4O5/c23-15-16(24)18(26)20(19(27)17(15)25)36-22(35)13(6-14(28)33)31-21(34)12(30-8-32)5-9-7-29-11-4-2-1-3-10(9)11/h1-4,7-8,12-13,29H,5-6H2,(H2,28,33)(H,30,32)(H,31,34)/t12-,13+/m0/s1. The summed E-state index contributed by atoms with van der Waals surface area (Å²) < 4.78 is 72.1. The molecule has 3 aromatic rings. The minimum absolute atomic E-state index is 0.0927. The van der Waals surface area contributed by atoms with Crippen molar-refractivity contribution in [3.8, 4) is 5.75 Å². The van der Waals surface area contributed by atoms with Crippen LogP contribution in [0.25, 0.3) is 10.9 Å². The second-order valence-electron chi connectivity index (χ2n) is 7.45. The van der Waals surface area contributed by atoms with Crippen molar-refractivity contribution >= 4 is 35.1 Å². The van der Waals surface area contributed by atoms with Crippen LogP contribution < -0.4 is 21.1 Å². The van der Waals surface area contributed by atoms with Gasteiger partial charge in [0.2, 0.25) is 53.1 Å². The Balaban J connectivity index is 1.83. The molecule has 5 N–H and O–H groups in total. The zero-order chi connectivity index (χ0) is 26.6. The molecule has 1 aromatic heterocycles. The number of aromatic amines is 1. The van der Waals surface area contributed by atoms with E-state index in [1.54, 1.807) is 30.5 Å². The summed E-state index contributed by atoms with van der Waals surface area (Å²) in [5, 5.41) is 5.00. The van der Waals surface area contributed by atoms with Crippen molar-refractivity contribution in [2.24, 2.45) is 5.73 Å². The Labute approximate surface area is 198 Å². The number of nitrogens with one attached hydrogen (secondary N) is 3. The largest absolute Gasteiger partial charge is 0.418 e. The van der Waals surface area contributed by atoms with Crippen LogP contribution in [-0.2, 0) is 25.6 Å². The van der Waals surface area contributed by atoms with Crippen LogP contribution in [0, 0.1) is 29.1 Å². The molecule has 0 unspecified atom stereocenters. The van der Waals surface area contributed by atoms with Crippen LogP contribution in [0.4, 0.5) is 22.0 Å². The minimum Gasteiger partial charge on any atom is -0.418 e. The number of amides is 3. The molecule has 36 heavy (non-hydrogen) atoms. The van der Waals surface area contributed by atoms with Crippen molar-refractivity contribution in [3.63, 3.8) is 0 Å². The highest BCUT2D eigenvalue weighted by Crippen LogP contribution is 2.29. The summed E-state index contributed by atoms with van der Waals surface area (Å²) in [5.74, 6) is -18.0. The maximum atomic E-state index is 13.9. The Morgan fingerprint density at radius 2 is 1.58 bits per heavy atom. The van der Waals surface area contributed by atoms with Crippen LogP contribution in [0.3, 0.4) is 0 Å². The zero-order valence-electron chi connectivity index (χ0n) is 18.0. The van der Waals surface area contributed by atoms with E-state index in [0.717, 1.165) is 10.9 Å². The fourth-order valence-corrected chi connectivity index (χ4v) is 3.34. The highest BCUT2D eigenvalue weighted by Gasteiger charge is 2.33. The van der Waals surface area contributed by atoms with Gasteiger partial charge in [0.05, 0.1) is 6.42 Å². The SMILES string of the molecule is NC(=O)C[C@@H](NC(=O)[C@H](Cc1c[nH]c2ccccc12)NC=O)C(=O)Oc1c(F)c(F)c(F)c(F)c1F. The number of hydrogen-bond donors (Lipinski definition) is 4. The lowest BCUT2D eigenvalue weighted by molar-refractivity contribution is -0.141. The van der Waals surface area contributed by atoms with Gasteiger partial charge in [-0.15, -0.1) is 0 Å². The van der Waals surface area contributed by atoms with Crippen LogP contribution in [0.2, 0.25) is 0 Å². The smallest absolute Gasteiger partial charge is 0.334 e. The van der Waals surface area contributed by atoms with Gasteiger partial charge in [-0.25, -0.2) is 18.0 Å². The number of H-pyrrole nitrogens is 1. The molecule has 14 heteroatoms. The number of ether oxygens (including phenoxy) is 1. The predicted molar refractivity (Wildman–Crippen MR) is 113 cm³/mol. The average molecular weight is 512 g/mol. The molecule has 0 saturated carbocycles. The van der Waals surface area contributed by atoms with E-state index in [0.29, 0.717) is 5.56 Å². The van der Waals surface area contributed by atoms with E-state index in [4.69, 9.17) is 5.73 Å². The Hall–Kier alpha value is -4.49. The van der Waals surface area contributed by atoms with E-state index < -0.39 is 71.1 Å². The number of rotatable bonds is 10. The van der Waals surface area contributed by atoms with E-state index in [1.165, 1.54) is 0 Å². The molecule has 2 atom stereocenters. The summed E-state index contributed by atoms with van der Waals surface area (Å²) in [6.07, 6.45) is 0.733. The summed E-state index contributed by atoms with van der Waals surface area (Å²) in [6.45, 7) is 0. The molecule has 0 spiro atoms. The van der Waals surface area contributed by atoms with Gasteiger partial charge < -0.3 is 26.1 Å². The van der Waals surface area contributed by atoms with Crippen molar-refractivity contribution in [3.05, 3.63) is 65.1 Å². The number of carbonyl (C=O) groups excluding carboxylic acids is 4. The number of para-hydroxylation sites is 1. The number of nitrogens with two attached hydrogens (primary N) is 1. The molecule has 0 aliphatic carbocycles. The van der Waals surface area contributed by atoms with Gasteiger partial charge in [-0.2, -0.15) is 8.78 Å². The van der Waals surface area contributed by atoms with E-state index in [1.807, 2.05) is 5.32 Å². The lowest BCUT2D eigenvalue weighted by atomic mass is 10.0. The van der Waals surface area contributed by atoms with E-state index in [2.05, 4.69) is 15.0 Å². The van der Waals surface area contributed by atoms with Crippen LogP contribution in [-0.4, -0.2) is 41.3 Å². The van der Waals surface area contributed by atoms with Gasteiger partial charge in [0.1, 0.15) is 12.1 Å². The lowest BCUT2D eigenvalue weighted by Gasteiger charge is -2.21. The zero-order valence-corrected chi connectivity index (χ0v) is 18.0. The average Bonchev–Trinajstić information content (AvgIpc) is 3.26. The number of aromatic nitrogens is 1. The second kappa shape index (κ2) is 10.8. The van der Waals surface area contributed by atoms with Crippen LogP contribution in [0.5, 0.6) is 5.75 Å². The highest BCUT2D eigenvalue weighted by molar-refractivity contribution is 5.93. The number of esters is 1. The molecule has 0 bridgehead atoms. The Kier molecular flexibility index (Phi) is 7.86. The molecule has 0 aliphatic rings. The molecule has 3 amide bonds. The van der Waals surface area contributed by atoms with Gasteiger partial charge in [0.25, 0.3) is 0 Å². The quantitative estimate of drug-likeness (QED) is 0.0813. The van der Waals surface area contributed by atoms with Crippen molar-refractivity contribution in [1.82, 2.24) is 15.6 Å². The minimum atomic E-state index is -2.48. The number of fused-ring (bicyclic) bond motifs is 1. The van der Waals surface area contributed by atoms with Gasteiger partial charge in [-0.1, -0.05) is 18.2 Å². The molecule has 9 nitrogen and oxygen atoms in total. The Morgan fingerprint density at radius 1 is 0.972 bits per heavy atom. The fraction of sp³-hybridized carbons (Fsp3) is 0.182. The maximum absolute atomic E-state index is 13.9. The van der Waals surface area contributed by atoms with Crippen molar-refractivity contribution in [1.29, 1.82) is 0 Å². The first-order valence-electron chi connectivity index (χ1n) is 10.1. The number of hydrogen-bond acceptors (Lipinski definition) is 5. The van der Waals surface area contributed by atoms with E-state index in [9.17, 15) is 41.1 Å². The summed E-state index contributed by atoms with van der Waals surface area (Å²) in [5.41, 5.74) is 6.37. The molecular weight excluding hydrogens is 495 g/mol. The van der Waals surface area contributed by atoms with Gasteiger partial charge in [0.15, 0.2) is 0 Å². The van der Waals surface area contributed by atoms with Crippen LogP contribution >= 0.6 is 0 Å². The Bertz CT molecular complexity index is 1320. The molecule has 0 radical (unpaired) electrons. The molecule has 3 rings (SSSR count). The number of primary amides is 1.